The summed E-state index contributed by atoms with van der Waals surface area (Å²) in [6.07, 6.45) is 2.94. The highest BCUT2D eigenvalue weighted by Crippen LogP contribution is 2.19. The lowest BCUT2D eigenvalue weighted by Gasteiger charge is -2.08. The summed E-state index contributed by atoms with van der Waals surface area (Å²) in [6, 6.07) is 15.3. The van der Waals surface area contributed by atoms with Crippen molar-refractivity contribution in [3.8, 4) is 11.3 Å². The molecule has 0 amide bonds. The van der Waals surface area contributed by atoms with Gasteiger partial charge in [0.1, 0.15) is 0 Å². The smallest absolute Gasteiger partial charge is 0.263 e. The van der Waals surface area contributed by atoms with Crippen LogP contribution in [0, 0.1) is 0 Å². The number of benzene rings is 2. The van der Waals surface area contributed by atoms with Crippen LogP contribution in [0.3, 0.4) is 0 Å². The molecule has 0 aliphatic carbocycles. The summed E-state index contributed by atoms with van der Waals surface area (Å²) in [5.74, 6) is 0.156. The fourth-order valence-corrected chi connectivity index (χ4v) is 2.99. The minimum absolute atomic E-state index is 0.110. The van der Waals surface area contributed by atoms with E-state index in [-0.39, 0.29) is 10.7 Å². The Morgan fingerprint density at radius 3 is 2.30 bits per heavy atom. The van der Waals surface area contributed by atoms with E-state index < -0.39 is 10.0 Å². The van der Waals surface area contributed by atoms with Gasteiger partial charge in [-0.1, -0.05) is 30.3 Å². The number of anilines is 2. The molecule has 3 rings (SSSR count). The average Bonchev–Trinajstić information content (AvgIpc) is 2.56. The van der Waals surface area contributed by atoms with Crippen LogP contribution in [-0.2, 0) is 10.0 Å². The number of rotatable bonds is 4. The second-order valence-corrected chi connectivity index (χ2v) is 6.51. The molecule has 0 bridgehead atoms. The van der Waals surface area contributed by atoms with Crippen LogP contribution in [0.1, 0.15) is 0 Å². The Morgan fingerprint density at radius 2 is 1.61 bits per heavy atom. The summed E-state index contributed by atoms with van der Waals surface area (Å²) in [5.41, 5.74) is 7.51. The molecule has 0 radical (unpaired) electrons. The summed E-state index contributed by atoms with van der Waals surface area (Å²) in [4.78, 5) is 8.45. The third-order valence-electron chi connectivity index (χ3n) is 3.13. The number of nitrogens with zero attached hydrogens (tertiary/aromatic N) is 2. The van der Waals surface area contributed by atoms with Crippen molar-refractivity contribution in [3.05, 3.63) is 67.0 Å². The zero-order valence-electron chi connectivity index (χ0n) is 12.0. The van der Waals surface area contributed by atoms with Gasteiger partial charge in [-0.05, 0) is 24.3 Å². The second-order valence-electron chi connectivity index (χ2n) is 4.83. The van der Waals surface area contributed by atoms with Gasteiger partial charge in [0.05, 0.1) is 23.0 Å². The number of nitrogens with two attached hydrogens (primary N) is 1. The van der Waals surface area contributed by atoms with Crippen molar-refractivity contribution in [2.45, 2.75) is 4.90 Å². The number of hydrogen-bond acceptors (Lipinski definition) is 5. The maximum absolute atomic E-state index is 12.3. The van der Waals surface area contributed by atoms with Crippen molar-refractivity contribution in [2.75, 3.05) is 10.5 Å². The molecule has 0 aliphatic heterocycles. The highest BCUT2D eigenvalue weighted by Gasteiger charge is 2.15. The molecule has 6 nitrogen and oxygen atoms in total. The molecule has 0 saturated heterocycles. The first-order valence-corrected chi connectivity index (χ1v) is 8.29. The third kappa shape index (κ3) is 3.46. The topological polar surface area (TPSA) is 98.0 Å². The average molecular weight is 326 g/mol. The van der Waals surface area contributed by atoms with Crippen LogP contribution in [0.4, 0.5) is 11.5 Å². The van der Waals surface area contributed by atoms with Gasteiger partial charge in [0.15, 0.2) is 5.82 Å². The Hall–Kier alpha value is -2.93. The van der Waals surface area contributed by atoms with Gasteiger partial charge in [0.25, 0.3) is 10.0 Å². The zero-order chi connectivity index (χ0) is 16.3. The Morgan fingerprint density at radius 1 is 0.913 bits per heavy atom. The second kappa shape index (κ2) is 6.05. The lowest BCUT2D eigenvalue weighted by atomic mass is 10.2. The number of hydrogen-bond donors (Lipinski definition) is 2. The first kappa shape index (κ1) is 15.0. The van der Waals surface area contributed by atoms with E-state index in [0.717, 1.165) is 5.56 Å². The van der Waals surface area contributed by atoms with Gasteiger partial charge >= 0.3 is 0 Å². The summed E-state index contributed by atoms with van der Waals surface area (Å²) in [5, 5.41) is 0. The van der Waals surface area contributed by atoms with E-state index in [9.17, 15) is 8.42 Å². The SMILES string of the molecule is Nc1ccc(S(=O)(=O)Nc2cncc(-c3ccccc3)n2)cc1. The van der Waals surface area contributed by atoms with Crippen molar-refractivity contribution in [2.24, 2.45) is 0 Å². The van der Waals surface area contributed by atoms with Crippen LogP contribution in [0.2, 0.25) is 0 Å². The van der Waals surface area contributed by atoms with Gasteiger partial charge in [0, 0.05) is 11.3 Å². The molecule has 1 aromatic heterocycles. The van der Waals surface area contributed by atoms with Crippen molar-refractivity contribution in [3.63, 3.8) is 0 Å². The predicted octanol–water partition coefficient (Wildman–Crippen LogP) is 2.53. The first-order chi connectivity index (χ1) is 11.0. The van der Waals surface area contributed by atoms with Crippen molar-refractivity contribution >= 4 is 21.5 Å². The first-order valence-electron chi connectivity index (χ1n) is 6.80. The lowest BCUT2D eigenvalue weighted by Crippen LogP contribution is -2.14. The van der Waals surface area contributed by atoms with Gasteiger partial charge in [-0.25, -0.2) is 13.4 Å². The predicted molar refractivity (Wildman–Crippen MR) is 89.1 cm³/mol. The Balaban J connectivity index is 1.90. The summed E-state index contributed by atoms with van der Waals surface area (Å²) < 4.78 is 27.1. The van der Waals surface area contributed by atoms with Crippen LogP contribution in [0.15, 0.2) is 71.9 Å². The molecule has 7 heteroatoms. The fourth-order valence-electron chi connectivity index (χ4n) is 2.01. The Bertz CT molecular complexity index is 910. The molecular weight excluding hydrogens is 312 g/mol. The standard InChI is InChI=1S/C16H14N4O2S/c17-13-6-8-14(9-7-13)23(21,22)20-16-11-18-10-15(19-16)12-4-2-1-3-5-12/h1-11H,17H2,(H,19,20). The number of sulfonamides is 1. The maximum atomic E-state index is 12.3. The normalized spacial score (nSPS) is 11.1. The number of nitrogens with one attached hydrogen (secondary N) is 1. The number of aromatic nitrogens is 2. The lowest BCUT2D eigenvalue weighted by molar-refractivity contribution is 0.601. The van der Waals surface area contributed by atoms with Gasteiger partial charge in [-0.2, -0.15) is 0 Å². The van der Waals surface area contributed by atoms with Gasteiger partial charge < -0.3 is 5.73 Å². The summed E-state index contributed by atoms with van der Waals surface area (Å²) in [6.45, 7) is 0. The molecule has 116 valence electrons. The summed E-state index contributed by atoms with van der Waals surface area (Å²) in [7, 11) is -3.74. The van der Waals surface area contributed by atoms with E-state index >= 15 is 0 Å². The quantitative estimate of drug-likeness (QED) is 0.718. The third-order valence-corrected chi connectivity index (χ3v) is 4.50. The van der Waals surface area contributed by atoms with Crippen LogP contribution < -0.4 is 10.5 Å². The van der Waals surface area contributed by atoms with Crippen LogP contribution >= 0.6 is 0 Å². The molecule has 0 fully saturated rings. The molecule has 0 spiro atoms. The van der Waals surface area contributed by atoms with Crippen molar-refractivity contribution in [1.82, 2.24) is 9.97 Å². The molecule has 0 saturated carbocycles. The fraction of sp³-hybridized carbons (Fsp3) is 0. The van der Waals surface area contributed by atoms with Gasteiger partial charge in [-0.3, -0.25) is 9.71 Å². The van der Waals surface area contributed by atoms with E-state index in [4.69, 9.17) is 5.73 Å². The molecule has 1 heterocycles. The summed E-state index contributed by atoms with van der Waals surface area (Å²) >= 11 is 0. The molecule has 3 aromatic rings. The molecule has 2 aromatic carbocycles. The van der Waals surface area contributed by atoms with E-state index in [1.54, 1.807) is 6.20 Å². The molecule has 0 aliphatic rings. The molecule has 3 N–H and O–H groups in total. The van der Waals surface area contributed by atoms with Crippen molar-refractivity contribution < 1.29 is 8.42 Å². The maximum Gasteiger partial charge on any atom is 0.263 e. The van der Waals surface area contributed by atoms with Crippen LogP contribution in [0.5, 0.6) is 0 Å². The largest absolute Gasteiger partial charge is 0.399 e. The molecule has 0 unspecified atom stereocenters. The monoisotopic (exact) mass is 326 g/mol. The van der Waals surface area contributed by atoms with E-state index in [2.05, 4.69) is 14.7 Å². The van der Waals surface area contributed by atoms with Gasteiger partial charge in [-0.15, -0.1) is 0 Å². The minimum atomic E-state index is -3.74. The van der Waals surface area contributed by atoms with Crippen LogP contribution in [0.25, 0.3) is 11.3 Å². The molecule has 23 heavy (non-hydrogen) atoms. The van der Waals surface area contributed by atoms with Crippen LogP contribution in [-0.4, -0.2) is 18.4 Å². The minimum Gasteiger partial charge on any atom is -0.399 e. The zero-order valence-corrected chi connectivity index (χ0v) is 12.9. The van der Waals surface area contributed by atoms with Crippen molar-refractivity contribution in [1.29, 1.82) is 0 Å². The number of nitrogen functional groups attached to an aromatic ring is 1. The Kier molecular flexibility index (Phi) is 3.94. The van der Waals surface area contributed by atoms with E-state index in [0.29, 0.717) is 11.4 Å². The van der Waals surface area contributed by atoms with Gasteiger partial charge in [0.2, 0.25) is 0 Å². The molecule has 0 atom stereocenters. The molecular formula is C16H14N4O2S. The highest BCUT2D eigenvalue weighted by atomic mass is 32.2. The van der Waals surface area contributed by atoms with E-state index in [1.165, 1.54) is 30.5 Å². The Labute approximate surface area is 134 Å². The van der Waals surface area contributed by atoms with E-state index in [1.807, 2.05) is 30.3 Å². The highest BCUT2D eigenvalue weighted by molar-refractivity contribution is 7.92.